The van der Waals surface area contributed by atoms with E-state index in [-0.39, 0.29) is 0 Å². The molecule has 0 spiro atoms. The number of halogens is 1. The minimum atomic E-state index is 0.488. The smallest absolute Gasteiger partial charge is 0.0469 e. The fourth-order valence-electron chi connectivity index (χ4n) is 2.54. The van der Waals surface area contributed by atoms with Gasteiger partial charge in [0.25, 0.3) is 0 Å². The number of rotatable bonds is 5. The zero-order valence-electron chi connectivity index (χ0n) is 11.2. The predicted octanol–water partition coefficient (Wildman–Crippen LogP) is 4.29. The molecule has 0 bridgehead atoms. The Morgan fingerprint density at radius 3 is 2.78 bits per heavy atom. The quantitative estimate of drug-likeness (QED) is 0.869. The first-order chi connectivity index (χ1) is 8.72. The third-order valence-electron chi connectivity index (χ3n) is 3.47. The second-order valence-electron chi connectivity index (χ2n) is 4.95. The van der Waals surface area contributed by atoms with E-state index in [0.29, 0.717) is 12.0 Å². The maximum atomic E-state index is 5.49. The van der Waals surface area contributed by atoms with E-state index in [1.807, 2.05) is 11.3 Å². The Bertz CT molecular complexity index is 374. The molecule has 1 fully saturated rings. The number of thiophene rings is 1. The van der Waals surface area contributed by atoms with Crippen LogP contribution in [-0.4, -0.2) is 19.8 Å². The van der Waals surface area contributed by atoms with Crippen molar-refractivity contribution >= 4 is 27.3 Å². The SMILES string of the molecule is CCCNC(c1sc(C)cc1Br)C1CCOCC1. The molecule has 0 amide bonds. The second-order valence-corrected chi connectivity index (χ2v) is 7.09. The monoisotopic (exact) mass is 331 g/mol. The summed E-state index contributed by atoms with van der Waals surface area (Å²) in [6, 6.07) is 2.72. The molecule has 0 aromatic carbocycles. The van der Waals surface area contributed by atoms with Gasteiger partial charge in [0, 0.05) is 33.5 Å². The molecular weight excluding hydrogens is 310 g/mol. The van der Waals surface area contributed by atoms with Crippen LogP contribution in [-0.2, 0) is 4.74 Å². The van der Waals surface area contributed by atoms with Crippen LogP contribution in [0.15, 0.2) is 10.5 Å². The van der Waals surface area contributed by atoms with Gasteiger partial charge < -0.3 is 10.1 Å². The first-order valence-corrected chi connectivity index (χ1v) is 8.40. The summed E-state index contributed by atoms with van der Waals surface area (Å²) < 4.78 is 6.76. The Balaban J connectivity index is 2.15. The lowest BCUT2D eigenvalue weighted by Crippen LogP contribution is -2.32. The minimum Gasteiger partial charge on any atom is -0.381 e. The molecule has 4 heteroatoms. The zero-order valence-corrected chi connectivity index (χ0v) is 13.6. The van der Waals surface area contributed by atoms with Crippen LogP contribution in [0.3, 0.4) is 0 Å². The zero-order chi connectivity index (χ0) is 13.0. The number of ether oxygens (including phenoxy) is 1. The molecule has 0 radical (unpaired) electrons. The third kappa shape index (κ3) is 3.56. The fourth-order valence-corrected chi connectivity index (χ4v) is 4.60. The van der Waals surface area contributed by atoms with E-state index in [9.17, 15) is 0 Å². The maximum absolute atomic E-state index is 5.49. The topological polar surface area (TPSA) is 21.3 Å². The molecule has 1 aromatic rings. The highest BCUT2D eigenvalue weighted by molar-refractivity contribution is 9.10. The molecule has 1 atom stereocenters. The van der Waals surface area contributed by atoms with Crippen LogP contribution in [0.25, 0.3) is 0 Å². The van der Waals surface area contributed by atoms with E-state index in [1.54, 1.807) is 0 Å². The van der Waals surface area contributed by atoms with Crippen molar-refractivity contribution in [3.63, 3.8) is 0 Å². The minimum absolute atomic E-state index is 0.488. The molecule has 2 rings (SSSR count). The molecule has 2 heterocycles. The van der Waals surface area contributed by atoms with Gasteiger partial charge in [0.1, 0.15) is 0 Å². The van der Waals surface area contributed by atoms with E-state index in [1.165, 1.54) is 33.5 Å². The number of aryl methyl sites for hydroxylation is 1. The van der Waals surface area contributed by atoms with Gasteiger partial charge in [0.2, 0.25) is 0 Å². The van der Waals surface area contributed by atoms with Crippen molar-refractivity contribution in [2.75, 3.05) is 19.8 Å². The van der Waals surface area contributed by atoms with Gasteiger partial charge >= 0.3 is 0 Å². The van der Waals surface area contributed by atoms with Crippen LogP contribution < -0.4 is 5.32 Å². The molecule has 1 saturated heterocycles. The Hall–Kier alpha value is 0.1000. The van der Waals surface area contributed by atoms with Gasteiger partial charge in [-0.1, -0.05) is 6.92 Å². The lowest BCUT2D eigenvalue weighted by Gasteiger charge is -2.31. The van der Waals surface area contributed by atoms with Crippen LogP contribution in [0.5, 0.6) is 0 Å². The lowest BCUT2D eigenvalue weighted by molar-refractivity contribution is 0.0540. The summed E-state index contributed by atoms with van der Waals surface area (Å²) in [7, 11) is 0. The molecule has 102 valence electrons. The average molecular weight is 332 g/mol. The summed E-state index contributed by atoms with van der Waals surface area (Å²) in [4.78, 5) is 2.85. The van der Waals surface area contributed by atoms with Crippen molar-refractivity contribution in [1.29, 1.82) is 0 Å². The summed E-state index contributed by atoms with van der Waals surface area (Å²) >= 11 is 5.63. The Morgan fingerprint density at radius 1 is 1.50 bits per heavy atom. The highest BCUT2D eigenvalue weighted by Gasteiger charge is 2.27. The molecule has 1 aliphatic heterocycles. The Morgan fingerprint density at radius 2 is 2.22 bits per heavy atom. The van der Waals surface area contributed by atoms with Crippen molar-refractivity contribution in [3.05, 3.63) is 20.3 Å². The van der Waals surface area contributed by atoms with Gasteiger partial charge in [-0.05, 0) is 60.6 Å². The van der Waals surface area contributed by atoms with Crippen molar-refractivity contribution in [3.8, 4) is 0 Å². The molecular formula is C14H22BrNOS. The largest absolute Gasteiger partial charge is 0.381 e. The van der Waals surface area contributed by atoms with Gasteiger partial charge in [-0.2, -0.15) is 0 Å². The Labute approximate surface area is 122 Å². The van der Waals surface area contributed by atoms with Crippen molar-refractivity contribution in [1.82, 2.24) is 5.32 Å². The number of hydrogen-bond acceptors (Lipinski definition) is 3. The summed E-state index contributed by atoms with van der Waals surface area (Å²) in [5.41, 5.74) is 0. The molecule has 1 aromatic heterocycles. The van der Waals surface area contributed by atoms with Gasteiger partial charge in [-0.25, -0.2) is 0 Å². The first-order valence-electron chi connectivity index (χ1n) is 6.79. The summed E-state index contributed by atoms with van der Waals surface area (Å²) in [6.45, 7) is 7.32. The average Bonchev–Trinajstić information content (AvgIpc) is 2.70. The fraction of sp³-hybridized carbons (Fsp3) is 0.714. The lowest BCUT2D eigenvalue weighted by atomic mass is 9.90. The van der Waals surface area contributed by atoms with E-state index in [4.69, 9.17) is 4.74 Å². The van der Waals surface area contributed by atoms with E-state index >= 15 is 0 Å². The number of nitrogens with one attached hydrogen (secondary N) is 1. The van der Waals surface area contributed by atoms with Crippen molar-refractivity contribution in [2.24, 2.45) is 5.92 Å². The molecule has 1 unspecified atom stereocenters. The highest BCUT2D eigenvalue weighted by Crippen LogP contribution is 2.38. The molecule has 0 aliphatic carbocycles. The first kappa shape index (κ1) is 14.5. The molecule has 2 nitrogen and oxygen atoms in total. The molecule has 0 saturated carbocycles. The van der Waals surface area contributed by atoms with Gasteiger partial charge in [-0.3, -0.25) is 0 Å². The molecule has 1 aliphatic rings. The van der Waals surface area contributed by atoms with Crippen molar-refractivity contribution in [2.45, 2.75) is 39.2 Å². The number of hydrogen-bond donors (Lipinski definition) is 1. The standard InChI is InChI=1S/C14H22BrNOS/c1-3-6-16-13(11-4-7-17-8-5-11)14-12(15)9-10(2)18-14/h9,11,13,16H,3-8H2,1-2H3. The van der Waals surface area contributed by atoms with E-state index < -0.39 is 0 Å². The molecule has 18 heavy (non-hydrogen) atoms. The van der Waals surface area contributed by atoms with Gasteiger partial charge in [-0.15, -0.1) is 11.3 Å². The van der Waals surface area contributed by atoms with Crippen LogP contribution in [0, 0.1) is 12.8 Å². The second kappa shape index (κ2) is 7.04. The van der Waals surface area contributed by atoms with Crippen LogP contribution in [0.2, 0.25) is 0 Å². The van der Waals surface area contributed by atoms with Gasteiger partial charge in [0.15, 0.2) is 0 Å². The van der Waals surface area contributed by atoms with Crippen LogP contribution in [0.1, 0.15) is 42.0 Å². The maximum Gasteiger partial charge on any atom is 0.0469 e. The van der Waals surface area contributed by atoms with E-state index in [0.717, 1.165) is 19.8 Å². The Kier molecular flexibility index (Phi) is 5.67. The molecule has 1 N–H and O–H groups in total. The van der Waals surface area contributed by atoms with Crippen molar-refractivity contribution < 1.29 is 4.74 Å². The normalized spacial score (nSPS) is 19.1. The summed E-state index contributed by atoms with van der Waals surface area (Å²) in [5, 5.41) is 3.73. The van der Waals surface area contributed by atoms with E-state index in [2.05, 4.69) is 41.2 Å². The summed E-state index contributed by atoms with van der Waals surface area (Å²) in [5.74, 6) is 0.708. The van der Waals surface area contributed by atoms with Crippen LogP contribution >= 0.6 is 27.3 Å². The summed E-state index contributed by atoms with van der Waals surface area (Å²) in [6.07, 6.45) is 3.53. The predicted molar refractivity (Wildman–Crippen MR) is 81.3 cm³/mol. The highest BCUT2D eigenvalue weighted by atomic mass is 79.9. The van der Waals surface area contributed by atoms with Gasteiger partial charge in [0.05, 0.1) is 0 Å². The van der Waals surface area contributed by atoms with Crippen LogP contribution in [0.4, 0.5) is 0 Å². The third-order valence-corrected chi connectivity index (χ3v) is 5.52.